The summed E-state index contributed by atoms with van der Waals surface area (Å²) in [7, 11) is 0. The van der Waals surface area contributed by atoms with E-state index in [2.05, 4.69) is 6.58 Å². The molecule has 1 saturated heterocycles. The molecule has 5 atom stereocenters. The van der Waals surface area contributed by atoms with E-state index in [-0.39, 0.29) is 13.2 Å². The van der Waals surface area contributed by atoms with Crippen LogP contribution in [0.3, 0.4) is 0 Å². The van der Waals surface area contributed by atoms with Gasteiger partial charge >= 0.3 is 23.9 Å². The van der Waals surface area contributed by atoms with E-state index in [1.165, 1.54) is 13.0 Å². The Balaban J connectivity index is 3.24. The highest BCUT2D eigenvalue weighted by Gasteiger charge is 2.52. The van der Waals surface area contributed by atoms with Crippen molar-refractivity contribution in [2.24, 2.45) is 0 Å². The zero-order valence-corrected chi connectivity index (χ0v) is 15.7. The first-order chi connectivity index (χ1) is 12.6. The predicted molar refractivity (Wildman–Crippen MR) is 88.1 cm³/mol. The summed E-state index contributed by atoms with van der Waals surface area (Å²) in [6.45, 7) is 7.90. The first-order valence-electron chi connectivity index (χ1n) is 8.18. The number of rotatable bonds is 8. The lowest BCUT2D eigenvalue weighted by molar-refractivity contribution is -0.305. The molecule has 10 heteroatoms. The van der Waals surface area contributed by atoms with Gasteiger partial charge in [0.25, 0.3) is 0 Å². The van der Waals surface area contributed by atoms with Crippen LogP contribution in [0.15, 0.2) is 12.7 Å². The van der Waals surface area contributed by atoms with Crippen LogP contribution in [0.2, 0.25) is 0 Å². The van der Waals surface area contributed by atoms with Gasteiger partial charge in [0.1, 0.15) is 12.7 Å². The molecule has 1 fully saturated rings. The summed E-state index contributed by atoms with van der Waals surface area (Å²) in [6, 6.07) is 0. The molecule has 0 radical (unpaired) electrons. The Bertz CT molecular complexity index is 572. The minimum atomic E-state index is -1.24. The highest BCUT2D eigenvalue weighted by atomic mass is 16.7. The Kier molecular flexibility index (Phi) is 8.89. The summed E-state index contributed by atoms with van der Waals surface area (Å²) in [5, 5.41) is 0. The van der Waals surface area contributed by atoms with Crippen LogP contribution < -0.4 is 0 Å². The third-order valence-electron chi connectivity index (χ3n) is 3.33. The fourth-order valence-corrected chi connectivity index (χ4v) is 2.49. The van der Waals surface area contributed by atoms with Gasteiger partial charge in [-0.2, -0.15) is 0 Å². The summed E-state index contributed by atoms with van der Waals surface area (Å²) in [5.41, 5.74) is 0. The molecule has 0 aromatic carbocycles. The average Bonchev–Trinajstić information content (AvgIpc) is 2.54. The SMILES string of the molecule is C=CCO[C@H]1OC(COC(C)=O)[C@@H](OC(C)=O)C(OC(C)=O)[C@H]1OC(C)=O. The Hall–Kier alpha value is -2.46. The molecule has 2 unspecified atom stereocenters. The van der Waals surface area contributed by atoms with E-state index in [0.717, 1.165) is 20.8 Å². The van der Waals surface area contributed by atoms with E-state index >= 15 is 0 Å². The smallest absolute Gasteiger partial charge is 0.303 e. The number of hydrogen-bond donors (Lipinski definition) is 0. The molecule has 0 aromatic heterocycles. The van der Waals surface area contributed by atoms with Crippen molar-refractivity contribution < 1.29 is 47.6 Å². The molecule has 0 bridgehead atoms. The molecule has 1 aliphatic heterocycles. The van der Waals surface area contributed by atoms with Crippen LogP contribution in [0.1, 0.15) is 27.7 Å². The van der Waals surface area contributed by atoms with Gasteiger partial charge in [0.15, 0.2) is 24.6 Å². The minimum absolute atomic E-state index is 0.0355. The second kappa shape index (κ2) is 10.6. The zero-order valence-electron chi connectivity index (χ0n) is 15.7. The van der Waals surface area contributed by atoms with Crippen molar-refractivity contribution >= 4 is 23.9 Å². The fraction of sp³-hybridized carbons (Fsp3) is 0.647. The van der Waals surface area contributed by atoms with E-state index in [0.29, 0.717) is 0 Å². The molecule has 0 amide bonds. The molecule has 0 N–H and O–H groups in total. The fourth-order valence-electron chi connectivity index (χ4n) is 2.49. The van der Waals surface area contributed by atoms with E-state index in [1.54, 1.807) is 0 Å². The normalized spacial score (nSPS) is 27.2. The van der Waals surface area contributed by atoms with Crippen LogP contribution in [0.4, 0.5) is 0 Å². The number of carbonyl (C=O) groups is 4. The largest absolute Gasteiger partial charge is 0.463 e. The Morgan fingerprint density at radius 2 is 1.37 bits per heavy atom. The van der Waals surface area contributed by atoms with Crippen LogP contribution in [0.5, 0.6) is 0 Å². The molecule has 1 aliphatic rings. The maximum absolute atomic E-state index is 11.6. The first-order valence-corrected chi connectivity index (χ1v) is 8.18. The number of hydrogen-bond acceptors (Lipinski definition) is 10. The highest BCUT2D eigenvalue weighted by molar-refractivity contribution is 5.68. The van der Waals surface area contributed by atoms with Crippen molar-refractivity contribution in [1.29, 1.82) is 0 Å². The van der Waals surface area contributed by atoms with Crippen LogP contribution in [-0.4, -0.2) is 67.8 Å². The van der Waals surface area contributed by atoms with Crippen LogP contribution in [0.25, 0.3) is 0 Å². The molecule has 0 saturated carbocycles. The molecular weight excluding hydrogens is 364 g/mol. The lowest BCUT2D eigenvalue weighted by atomic mass is 9.98. The lowest BCUT2D eigenvalue weighted by Crippen LogP contribution is -2.62. The molecule has 0 spiro atoms. The van der Waals surface area contributed by atoms with Gasteiger partial charge in [-0.1, -0.05) is 6.08 Å². The lowest BCUT2D eigenvalue weighted by Gasteiger charge is -2.43. The third kappa shape index (κ3) is 7.35. The maximum atomic E-state index is 11.6. The van der Waals surface area contributed by atoms with Gasteiger partial charge in [-0.05, 0) is 0 Å². The van der Waals surface area contributed by atoms with Crippen molar-refractivity contribution in [2.45, 2.75) is 58.4 Å². The number of carbonyl (C=O) groups excluding carboxylic acids is 4. The quantitative estimate of drug-likeness (QED) is 0.325. The molecule has 0 aromatic rings. The van der Waals surface area contributed by atoms with Crippen molar-refractivity contribution in [1.82, 2.24) is 0 Å². The second-order valence-corrected chi connectivity index (χ2v) is 5.69. The van der Waals surface area contributed by atoms with Gasteiger partial charge in [0.05, 0.1) is 6.61 Å². The maximum Gasteiger partial charge on any atom is 0.303 e. The topological polar surface area (TPSA) is 124 Å². The summed E-state index contributed by atoms with van der Waals surface area (Å²) >= 11 is 0. The van der Waals surface area contributed by atoms with Crippen molar-refractivity contribution in [2.75, 3.05) is 13.2 Å². The number of ether oxygens (including phenoxy) is 6. The van der Waals surface area contributed by atoms with Crippen molar-refractivity contribution in [3.63, 3.8) is 0 Å². The van der Waals surface area contributed by atoms with Gasteiger partial charge in [0.2, 0.25) is 0 Å². The molecular formula is C17H24O10. The average molecular weight is 388 g/mol. The Morgan fingerprint density at radius 3 is 1.85 bits per heavy atom. The second-order valence-electron chi connectivity index (χ2n) is 5.69. The van der Waals surface area contributed by atoms with Crippen molar-refractivity contribution in [3.8, 4) is 0 Å². The van der Waals surface area contributed by atoms with E-state index in [9.17, 15) is 19.2 Å². The van der Waals surface area contributed by atoms with Gasteiger partial charge in [-0.25, -0.2) is 0 Å². The van der Waals surface area contributed by atoms with E-state index in [1.807, 2.05) is 0 Å². The number of esters is 4. The summed E-state index contributed by atoms with van der Waals surface area (Å²) < 4.78 is 31.7. The van der Waals surface area contributed by atoms with Crippen LogP contribution >= 0.6 is 0 Å². The molecule has 10 nitrogen and oxygen atoms in total. The molecule has 1 rings (SSSR count). The van der Waals surface area contributed by atoms with E-state index in [4.69, 9.17) is 28.4 Å². The van der Waals surface area contributed by atoms with Gasteiger partial charge in [0, 0.05) is 27.7 Å². The van der Waals surface area contributed by atoms with Gasteiger partial charge in [-0.3, -0.25) is 19.2 Å². The molecule has 1 heterocycles. The standard InChI is InChI=1S/C17H24O10/c1-6-7-22-17-16(26-12(5)21)15(25-11(4)20)14(24-10(3)19)13(27-17)8-23-9(2)18/h6,13-17H,1,7-8H2,2-5H3/t13?,14-,15?,16-,17+/m1/s1. The Labute approximate surface area is 156 Å². The van der Waals surface area contributed by atoms with E-state index < -0.39 is 54.6 Å². The summed E-state index contributed by atoms with van der Waals surface area (Å²) in [5.74, 6) is -2.67. The summed E-state index contributed by atoms with van der Waals surface area (Å²) in [6.07, 6.45) is -4.41. The van der Waals surface area contributed by atoms with Crippen LogP contribution in [-0.2, 0) is 47.6 Å². The molecule has 27 heavy (non-hydrogen) atoms. The highest BCUT2D eigenvalue weighted by Crippen LogP contribution is 2.29. The van der Waals surface area contributed by atoms with Gasteiger partial charge < -0.3 is 28.4 Å². The molecule has 0 aliphatic carbocycles. The summed E-state index contributed by atoms with van der Waals surface area (Å²) in [4.78, 5) is 45.8. The molecule has 152 valence electrons. The Morgan fingerprint density at radius 1 is 0.852 bits per heavy atom. The van der Waals surface area contributed by atoms with Gasteiger partial charge in [-0.15, -0.1) is 6.58 Å². The first kappa shape index (κ1) is 22.6. The monoisotopic (exact) mass is 388 g/mol. The minimum Gasteiger partial charge on any atom is -0.463 e. The van der Waals surface area contributed by atoms with Crippen molar-refractivity contribution in [3.05, 3.63) is 12.7 Å². The zero-order chi connectivity index (χ0) is 20.6. The predicted octanol–water partition coefficient (Wildman–Crippen LogP) is 0.272. The van der Waals surface area contributed by atoms with Crippen LogP contribution in [0, 0.1) is 0 Å². The third-order valence-corrected chi connectivity index (χ3v) is 3.33.